The van der Waals surface area contributed by atoms with Gasteiger partial charge in [0.2, 0.25) is 0 Å². The first kappa shape index (κ1) is 12.7. The molecule has 2 heterocycles. The lowest BCUT2D eigenvalue weighted by molar-refractivity contribution is 0.318. The van der Waals surface area contributed by atoms with Gasteiger partial charge in [-0.2, -0.15) is 0 Å². The molecule has 0 radical (unpaired) electrons. The summed E-state index contributed by atoms with van der Waals surface area (Å²) in [6, 6.07) is 4.19. The highest BCUT2D eigenvalue weighted by molar-refractivity contribution is 6.01. The molecule has 1 aromatic heterocycles. The van der Waals surface area contributed by atoms with Crippen molar-refractivity contribution in [3.8, 4) is 0 Å². The molecule has 1 saturated heterocycles. The van der Waals surface area contributed by atoms with Crippen LogP contribution in [0.5, 0.6) is 0 Å². The molecule has 0 bridgehead atoms. The van der Waals surface area contributed by atoms with Crippen LogP contribution in [0.25, 0.3) is 0 Å². The second-order valence-electron chi connectivity index (χ2n) is 4.85. The van der Waals surface area contributed by atoms with Crippen molar-refractivity contribution in [1.29, 1.82) is 0 Å². The Bertz CT molecular complexity index is 458. The largest absolute Gasteiger partial charge is 0.409 e. The monoisotopic (exact) mass is 248 g/mol. The predicted molar refractivity (Wildman–Crippen MR) is 72.1 cm³/mol. The van der Waals surface area contributed by atoms with Gasteiger partial charge in [-0.3, -0.25) is 0 Å². The van der Waals surface area contributed by atoms with E-state index in [-0.39, 0.29) is 5.84 Å². The summed E-state index contributed by atoms with van der Waals surface area (Å²) < 4.78 is 0. The fraction of sp³-hybridized carbons (Fsp3) is 0.538. The number of nitrogens with two attached hydrogens (primary N) is 1. The number of amidine groups is 1. The van der Waals surface area contributed by atoms with Crippen LogP contribution in [0, 0.1) is 6.92 Å². The van der Waals surface area contributed by atoms with Crippen LogP contribution in [0.3, 0.4) is 0 Å². The number of piperidine rings is 1. The molecule has 0 spiro atoms. The second kappa shape index (κ2) is 5.25. The summed E-state index contributed by atoms with van der Waals surface area (Å²) in [6.45, 7) is 5.12. The van der Waals surface area contributed by atoms with Crippen molar-refractivity contribution in [2.75, 3.05) is 11.4 Å². The molecule has 5 nitrogen and oxygen atoms in total. The van der Waals surface area contributed by atoms with Gasteiger partial charge in [-0.05, 0) is 45.2 Å². The zero-order valence-corrected chi connectivity index (χ0v) is 10.9. The summed E-state index contributed by atoms with van der Waals surface area (Å²) in [5, 5.41) is 12.0. The normalized spacial score (nSPS) is 21.1. The summed E-state index contributed by atoms with van der Waals surface area (Å²) >= 11 is 0. The lowest BCUT2D eigenvalue weighted by Gasteiger charge is -2.35. The molecule has 2 rings (SSSR count). The van der Waals surface area contributed by atoms with Crippen LogP contribution in [0.4, 0.5) is 5.82 Å². The smallest absolute Gasteiger partial charge is 0.173 e. The van der Waals surface area contributed by atoms with Gasteiger partial charge in [0.15, 0.2) is 5.84 Å². The van der Waals surface area contributed by atoms with Crippen LogP contribution in [-0.2, 0) is 0 Å². The molecule has 0 aromatic carbocycles. The summed E-state index contributed by atoms with van der Waals surface area (Å²) in [5.41, 5.74) is 7.38. The molecule has 1 fully saturated rings. The third kappa shape index (κ3) is 2.39. The molecule has 1 aliphatic heterocycles. The minimum absolute atomic E-state index is 0.121. The number of rotatable bonds is 2. The van der Waals surface area contributed by atoms with Crippen molar-refractivity contribution >= 4 is 11.7 Å². The lowest BCUT2D eigenvalue weighted by Crippen LogP contribution is -2.39. The van der Waals surface area contributed by atoms with Gasteiger partial charge in [0, 0.05) is 18.3 Å². The summed E-state index contributed by atoms with van der Waals surface area (Å²) in [6.07, 6.45) is 3.57. The average molecular weight is 248 g/mol. The second-order valence-corrected chi connectivity index (χ2v) is 4.85. The molecule has 98 valence electrons. The molecule has 5 heteroatoms. The summed E-state index contributed by atoms with van der Waals surface area (Å²) in [4.78, 5) is 6.82. The lowest BCUT2D eigenvalue weighted by atomic mass is 10.0. The van der Waals surface area contributed by atoms with Crippen molar-refractivity contribution in [2.24, 2.45) is 10.9 Å². The van der Waals surface area contributed by atoms with Crippen molar-refractivity contribution < 1.29 is 5.21 Å². The summed E-state index contributed by atoms with van der Waals surface area (Å²) in [5.74, 6) is 0.952. The van der Waals surface area contributed by atoms with E-state index < -0.39 is 0 Å². The number of aromatic nitrogens is 1. The van der Waals surface area contributed by atoms with E-state index >= 15 is 0 Å². The quantitative estimate of drug-likeness (QED) is 0.362. The van der Waals surface area contributed by atoms with E-state index in [0.29, 0.717) is 11.6 Å². The van der Waals surface area contributed by atoms with Gasteiger partial charge in [-0.1, -0.05) is 5.16 Å². The Labute approximate surface area is 107 Å². The Hall–Kier alpha value is -1.78. The Morgan fingerprint density at radius 2 is 2.28 bits per heavy atom. The van der Waals surface area contributed by atoms with E-state index in [1.165, 1.54) is 6.42 Å². The SMILES string of the molecule is Cc1ccc(C(N)=NO)c(N2CCCCC2C)n1. The van der Waals surface area contributed by atoms with Gasteiger partial charge in [0.1, 0.15) is 5.82 Å². The minimum Gasteiger partial charge on any atom is -0.409 e. The zero-order valence-electron chi connectivity index (χ0n) is 10.9. The highest BCUT2D eigenvalue weighted by Gasteiger charge is 2.23. The Balaban J connectivity index is 2.44. The van der Waals surface area contributed by atoms with Crippen molar-refractivity contribution in [2.45, 2.75) is 39.2 Å². The molecule has 18 heavy (non-hydrogen) atoms. The van der Waals surface area contributed by atoms with E-state index in [0.717, 1.165) is 30.9 Å². The fourth-order valence-electron chi connectivity index (χ4n) is 2.43. The zero-order chi connectivity index (χ0) is 13.1. The minimum atomic E-state index is 0.121. The van der Waals surface area contributed by atoms with Crippen LogP contribution in [0.2, 0.25) is 0 Å². The third-order valence-corrected chi connectivity index (χ3v) is 3.47. The number of hydrogen-bond acceptors (Lipinski definition) is 4. The maximum atomic E-state index is 8.86. The molecule has 3 N–H and O–H groups in total. The molecule has 1 unspecified atom stereocenters. The first-order valence-electron chi connectivity index (χ1n) is 6.35. The van der Waals surface area contributed by atoms with Gasteiger partial charge in [-0.25, -0.2) is 4.98 Å². The van der Waals surface area contributed by atoms with Gasteiger partial charge in [0.05, 0.1) is 5.56 Å². The highest BCUT2D eigenvalue weighted by atomic mass is 16.4. The predicted octanol–water partition coefficient (Wildman–Crippen LogP) is 1.86. The number of aryl methyl sites for hydroxylation is 1. The van der Waals surface area contributed by atoms with Gasteiger partial charge >= 0.3 is 0 Å². The van der Waals surface area contributed by atoms with E-state index in [1.54, 1.807) is 0 Å². The fourth-order valence-corrected chi connectivity index (χ4v) is 2.43. The van der Waals surface area contributed by atoms with Gasteiger partial charge in [0.25, 0.3) is 0 Å². The van der Waals surface area contributed by atoms with E-state index in [9.17, 15) is 0 Å². The van der Waals surface area contributed by atoms with E-state index in [1.807, 2.05) is 19.1 Å². The number of pyridine rings is 1. The number of hydrogen-bond donors (Lipinski definition) is 2. The molecule has 1 aliphatic rings. The summed E-state index contributed by atoms with van der Waals surface area (Å²) in [7, 11) is 0. The molecule has 1 aromatic rings. The maximum Gasteiger partial charge on any atom is 0.173 e. The van der Waals surface area contributed by atoms with Gasteiger partial charge < -0.3 is 15.8 Å². The van der Waals surface area contributed by atoms with Crippen LogP contribution < -0.4 is 10.6 Å². The molecule has 0 saturated carbocycles. The molecular weight excluding hydrogens is 228 g/mol. The third-order valence-electron chi connectivity index (χ3n) is 3.47. The van der Waals surface area contributed by atoms with Crippen LogP contribution >= 0.6 is 0 Å². The standard InChI is InChI=1S/C13H20N4O/c1-9-6-7-11(12(14)16-18)13(15-9)17-8-4-3-5-10(17)2/h6-7,10,18H,3-5,8H2,1-2H3,(H2,14,16). The Morgan fingerprint density at radius 1 is 1.50 bits per heavy atom. The van der Waals surface area contributed by atoms with Crippen molar-refractivity contribution in [1.82, 2.24) is 4.98 Å². The van der Waals surface area contributed by atoms with Crippen LogP contribution in [-0.4, -0.2) is 28.6 Å². The molecular formula is C13H20N4O. The average Bonchev–Trinajstić information content (AvgIpc) is 2.38. The first-order chi connectivity index (χ1) is 8.63. The van der Waals surface area contributed by atoms with Crippen LogP contribution in [0.15, 0.2) is 17.3 Å². The Morgan fingerprint density at radius 3 is 2.94 bits per heavy atom. The first-order valence-corrected chi connectivity index (χ1v) is 6.35. The van der Waals surface area contributed by atoms with Crippen molar-refractivity contribution in [3.63, 3.8) is 0 Å². The number of anilines is 1. The van der Waals surface area contributed by atoms with E-state index in [2.05, 4.69) is 22.0 Å². The number of oxime groups is 1. The van der Waals surface area contributed by atoms with E-state index in [4.69, 9.17) is 10.9 Å². The molecule has 1 atom stereocenters. The Kier molecular flexibility index (Phi) is 3.69. The van der Waals surface area contributed by atoms with Crippen LogP contribution in [0.1, 0.15) is 37.4 Å². The molecule has 0 amide bonds. The topological polar surface area (TPSA) is 74.7 Å². The highest BCUT2D eigenvalue weighted by Crippen LogP contribution is 2.26. The van der Waals surface area contributed by atoms with Gasteiger partial charge in [-0.15, -0.1) is 0 Å². The van der Waals surface area contributed by atoms with Crippen molar-refractivity contribution in [3.05, 3.63) is 23.4 Å². The number of nitrogens with zero attached hydrogens (tertiary/aromatic N) is 3. The maximum absolute atomic E-state index is 8.86. The molecule has 0 aliphatic carbocycles.